The molecule has 1 fully saturated rings. The van der Waals surface area contributed by atoms with Gasteiger partial charge < -0.3 is 10.1 Å². The molecule has 1 saturated heterocycles. The number of piperidine rings is 1. The maximum Gasteiger partial charge on any atom is 0.0615 e. The van der Waals surface area contributed by atoms with Gasteiger partial charge in [0, 0.05) is 19.2 Å². The van der Waals surface area contributed by atoms with Crippen LogP contribution in [-0.2, 0) is 4.74 Å². The van der Waals surface area contributed by atoms with Crippen molar-refractivity contribution in [2.75, 3.05) is 33.4 Å². The molecule has 0 aromatic rings. The summed E-state index contributed by atoms with van der Waals surface area (Å²) in [5.74, 6) is 0.854. The SMILES string of the molecule is CCCNC(C)C1CCN(C(C)COC)CC1. The molecule has 0 bridgehead atoms. The highest BCUT2D eigenvalue weighted by Crippen LogP contribution is 2.22. The van der Waals surface area contributed by atoms with Crippen LogP contribution in [0, 0.1) is 5.92 Å². The van der Waals surface area contributed by atoms with Crippen molar-refractivity contribution >= 4 is 0 Å². The molecule has 0 aromatic carbocycles. The van der Waals surface area contributed by atoms with E-state index in [1.807, 2.05) is 0 Å². The number of rotatable bonds is 7. The van der Waals surface area contributed by atoms with Crippen molar-refractivity contribution in [3.05, 3.63) is 0 Å². The lowest BCUT2D eigenvalue weighted by Crippen LogP contribution is -2.46. The fourth-order valence-corrected chi connectivity index (χ4v) is 2.75. The van der Waals surface area contributed by atoms with Gasteiger partial charge in [0.15, 0.2) is 0 Å². The maximum atomic E-state index is 5.23. The fourth-order valence-electron chi connectivity index (χ4n) is 2.75. The van der Waals surface area contributed by atoms with Crippen LogP contribution in [0.2, 0.25) is 0 Å². The zero-order valence-corrected chi connectivity index (χ0v) is 12.0. The molecule has 102 valence electrons. The van der Waals surface area contributed by atoms with Gasteiger partial charge in [0.1, 0.15) is 0 Å². The lowest BCUT2D eigenvalue weighted by molar-refractivity contribution is 0.0682. The van der Waals surface area contributed by atoms with Crippen molar-refractivity contribution in [1.29, 1.82) is 0 Å². The van der Waals surface area contributed by atoms with Gasteiger partial charge in [-0.15, -0.1) is 0 Å². The van der Waals surface area contributed by atoms with Crippen LogP contribution < -0.4 is 5.32 Å². The Bertz CT molecular complexity index is 191. The molecule has 0 saturated carbocycles. The Morgan fingerprint density at radius 1 is 1.29 bits per heavy atom. The zero-order valence-electron chi connectivity index (χ0n) is 12.0. The van der Waals surface area contributed by atoms with Crippen LogP contribution in [0.25, 0.3) is 0 Å². The van der Waals surface area contributed by atoms with Crippen molar-refractivity contribution in [2.24, 2.45) is 5.92 Å². The summed E-state index contributed by atoms with van der Waals surface area (Å²) in [6.07, 6.45) is 3.88. The smallest absolute Gasteiger partial charge is 0.0615 e. The first-order valence-corrected chi connectivity index (χ1v) is 7.15. The third-order valence-corrected chi connectivity index (χ3v) is 4.03. The van der Waals surface area contributed by atoms with Crippen LogP contribution in [0.15, 0.2) is 0 Å². The average Bonchev–Trinajstić information content (AvgIpc) is 2.36. The van der Waals surface area contributed by atoms with Crippen LogP contribution in [0.3, 0.4) is 0 Å². The van der Waals surface area contributed by atoms with E-state index in [0.29, 0.717) is 12.1 Å². The van der Waals surface area contributed by atoms with Crippen LogP contribution in [0.4, 0.5) is 0 Å². The van der Waals surface area contributed by atoms with Gasteiger partial charge in [0.2, 0.25) is 0 Å². The quantitative estimate of drug-likeness (QED) is 0.740. The van der Waals surface area contributed by atoms with Gasteiger partial charge in [-0.05, 0) is 58.7 Å². The first-order chi connectivity index (χ1) is 8.19. The molecule has 0 spiro atoms. The van der Waals surface area contributed by atoms with E-state index in [-0.39, 0.29) is 0 Å². The van der Waals surface area contributed by atoms with E-state index in [2.05, 4.69) is 31.0 Å². The van der Waals surface area contributed by atoms with Crippen LogP contribution in [-0.4, -0.2) is 50.3 Å². The van der Waals surface area contributed by atoms with E-state index in [9.17, 15) is 0 Å². The van der Waals surface area contributed by atoms with Crippen molar-refractivity contribution in [3.8, 4) is 0 Å². The molecule has 1 aliphatic rings. The number of likely N-dealkylation sites (tertiary alicyclic amines) is 1. The minimum Gasteiger partial charge on any atom is -0.383 e. The molecule has 2 unspecified atom stereocenters. The third kappa shape index (κ3) is 4.94. The summed E-state index contributed by atoms with van der Waals surface area (Å²) in [5.41, 5.74) is 0. The number of hydrogen-bond acceptors (Lipinski definition) is 3. The first-order valence-electron chi connectivity index (χ1n) is 7.15. The second kappa shape index (κ2) is 8.06. The van der Waals surface area contributed by atoms with Gasteiger partial charge in [0.05, 0.1) is 6.61 Å². The molecule has 1 aliphatic heterocycles. The zero-order chi connectivity index (χ0) is 12.7. The molecule has 0 amide bonds. The van der Waals surface area contributed by atoms with Crippen molar-refractivity contribution in [3.63, 3.8) is 0 Å². The molecule has 0 aliphatic carbocycles. The van der Waals surface area contributed by atoms with E-state index >= 15 is 0 Å². The van der Waals surface area contributed by atoms with Crippen molar-refractivity contribution in [1.82, 2.24) is 10.2 Å². The first kappa shape index (κ1) is 14.9. The summed E-state index contributed by atoms with van der Waals surface area (Å²) in [6, 6.07) is 1.25. The maximum absolute atomic E-state index is 5.23. The average molecular weight is 242 g/mol. The monoisotopic (exact) mass is 242 g/mol. The normalized spacial score (nSPS) is 22.6. The van der Waals surface area contributed by atoms with Crippen molar-refractivity contribution in [2.45, 2.75) is 52.1 Å². The van der Waals surface area contributed by atoms with Crippen LogP contribution in [0.5, 0.6) is 0 Å². The predicted molar refractivity (Wildman–Crippen MR) is 73.4 cm³/mol. The summed E-state index contributed by atoms with van der Waals surface area (Å²) in [5, 5.41) is 3.63. The topological polar surface area (TPSA) is 24.5 Å². The second-order valence-corrected chi connectivity index (χ2v) is 5.42. The summed E-state index contributed by atoms with van der Waals surface area (Å²) >= 11 is 0. The fraction of sp³-hybridized carbons (Fsp3) is 1.00. The summed E-state index contributed by atoms with van der Waals surface area (Å²) in [6.45, 7) is 11.3. The van der Waals surface area contributed by atoms with E-state index in [1.165, 1.54) is 32.4 Å². The molecule has 17 heavy (non-hydrogen) atoms. The number of hydrogen-bond donors (Lipinski definition) is 1. The Hall–Kier alpha value is -0.120. The highest BCUT2D eigenvalue weighted by molar-refractivity contribution is 4.81. The minimum atomic E-state index is 0.569. The van der Waals surface area contributed by atoms with Gasteiger partial charge >= 0.3 is 0 Å². The highest BCUT2D eigenvalue weighted by atomic mass is 16.5. The predicted octanol–water partition coefficient (Wildman–Crippen LogP) is 2.12. The number of ether oxygens (including phenoxy) is 1. The Morgan fingerprint density at radius 2 is 1.94 bits per heavy atom. The lowest BCUT2D eigenvalue weighted by atomic mass is 9.89. The molecule has 0 aromatic heterocycles. The Labute approximate surface area is 107 Å². The molecule has 0 radical (unpaired) electrons. The summed E-state index contributed by atoms with van der Waals surface area (Å²) in [7, 11) is 1.79. The molecule has 1 N–H and O–H groups in total. The molecule has 3 nitrogen and oxygen atoms in total. The van der Waals surface area contributed by atoms with E-state index < -0.39 is 0 Å². The van der Waals surface area contributed by atoms with Crippen molar-refractivity contribution < 1.29 is 4.74 Å². The van der Waals surface area contributed by atoms with Crippen LogP contribution >= 0.6 is 0 Å². The number of methoxy groups -OCH3 is 1. The standard InChI is InChI=1S/C14H30N2O/c1-5-8-15-13(3)14-6-9-16(10-7-14)12(2)11-17-4/h12-15H,5-11H2,1-4H3. The van der Waals surface area contributed by atoms with Gasteiger partial charge in [0.25, 0.3) is 0 Å². The third-order valence-electron chi connectivity index (χ3n) is 4.03. The Balaban J connectivity index is 2.25. The van der Waals surface area contributed by atoms with Gasteiger partial charge in [-0.1, -0.05) is 6.92 Å². The molecular formula is C14H30N2O. The number of nitrogens with one attached hydrogen (secondary N) is 1. The summed E-state index contributed by atoms with van der Waals surface area (Å²) in [4.78, 5) is 2.56. The Kier molecular flexibility index (Phi) is 7.09. The molecule has 1 rings (SSSR count). The molecular weight excluding hydrogens is 212 g/mol. The molecule has 2 atom stereocenters. The van der Waals surface area contributed by atoms with E-state index in [4.69, 9.17) is 4.74 Å². The van der Waals surface area contributed by atoms with E-state index in [0.717, 1.165) is 19.1 Å². The van der Waals surface area contributed by atoms with Gasteiger partial charge in [-0.2, -0.15) is 0 Å². The largest absolute Gasteiger partial charge is 0.383 e. The number of nitrogens with zero attached hydrogens (tertiary/aromatic N) is 1. The summed E-state index contributed by atoms with van der Waals surface area (Å²) < 4.78 is 5.23. The van der Waals surface area contributed by atoms with Gasteiger partial charge in [-0.3, -0.25) is 4.90 Å². The Morgan fingerprint density at radius 3 is 2.47 bits per heavy atom. The minimum absolute atomic E-state index is 0.569. The highest BCUT2D eigenvalue weighted by Gasteiger charge is 2.25. The van der Waals surface area contributed by atoms with Crippen LogP contribution in [0.1, 0.15) is 40.0 Å². The second-order valence-electron chi connectivity index (χ2n) is 5.42. The molecule has 3 heteroatoms. The van der Waals surface area contributed by atoms with Gasteiger partial charge in [-0.25, -0.2) is 0 Å². The van der Waals surface area contributed by atoms with E-state index in [1.54, 1.807) is 7.11 Å². The lowest BCUT2D eigenvalue weighted by Gasteiger charge is -2.38. The molecule has 1 heterocycles.